The van der Waals surface area contributed by atoms with E-state index in [4.69, 9.17) is 0 Å². The van der Waals surface area contributed by atoms with Gasteiger partial charge in [-0.3, -0.25) is 14.9 Å². The third-order valence-corrected chi connectivity index (χ3v) is 2.19. The first-order valence-corrected chi connectivity index (χ1v) is 5.40. The molecule has 5 heteroatoms. The van der Waals surface area contributed by atoms with E-state index in [-0.39, 0.29) is 17.8 Å². The van der Waals surface area contributed by atoms with E-state index in [1.807, 2.05) is 35.6 Å². The number of hydrogen-bond acceptors (Lipinski definition) is 4. The van der Waals surface area contributed by atoms with Crippen LogP contribution in [0.2, 0.25) is 0 Å². The van der Waals surface area contributed by atoms with Gasteiger partial charge in [0, 0.05) is 12.2 Å². The van der Waals surface area contributed by atoms with E-state index in [9.17, 15) is 14.4 Å². The normalized spacial score (nSPS) is 12.3. The van der Waals surface area contributed by atoms with Gasteiger partial charge in [-0.25, -0.2) is 4.79 Å². The van der Waals surface area contributed by atoms with Crippen molar-refractivity contribution in [3.8, 4) is 0 Å². The Morgan fingerprint density at radius 3 is 2.00 bits per heavy atom. The summed E-state index contributed by atoms with van der Waals surface area (Å²) < 4.78 is 4.53. The van der Waals surface area contributed by atoms with Crippen LogP contribution in [0.25, 0.3) is 5.57 Å². The standard InChI is InChI=1S/C10H10O2.C4H3NO2/c1-8(10(11)12-2)9-6-4-3-5-7-9;6-3-1-2-4(7)5-3/h3-7H,1H2,2H3;1-2H,(H,5,6,7). The van der Waals surface area contributed by atoms with Crippen molar-refractivity contribution in [1.29, 1.82) is 0 Å². The van der Waals surface area contributed by atoms with Crippen molar-refractivity contribution < 1.29 is 19.1 Å². The van der Waals surface area contributed by atoms with Gasteiger partial charge in [-0.1, -0.05) is 36.9 Å². The largest absolute Gasteiger partial charge is 0.465 e. The highest BCUT2D eigenvalue weighted by molar-refractivity contribution is 6.15. The number of imide groups is 1. The molecule has 0 aliphatic carbocycles. The number of carbonyl (C=O) groups excluding carboxylic acids is 3. The lowest BCUT2D eigenvalue weighted by atomic mass is 10.1. The Kier molecular flexibility index (Phi) is 5.22. The number of amides is 2. The van der Waals surface area contributed by atoms with Gasteiger partial charge < -0.3 is 4.74 Å². The minimum absolute atomic E-state index is 0.329. The van der Waals surface area contributed by atoms with E-state index in [1.54, 1.807) is 0 Å². The second kappa shape index (κ2) is 6.90. The second-order valence-electron chi connectivity index (χ2n) is 3.52. The van der Waals surface area contributed by atoms with Gasteiger partial charge in [0.1, 0.15) is 0 Å². The number of carbonyl (C=O) groups is 3. The molecule has 1 aliphatic heterocycles. The summed E-state index contributed by atoms with van der Waals surface area (Å²) in [6.07, 6.45) is 2.39. The minimum Gasteiger partial charge on any atom is -0.465 e. The summed E-state index contributed by atoms with van der Waals surface area (Å²) in [6, 6.07) is 9.22. The predicted molar refractivity (Wildman–Crippen MR) is 69.8 cm³/mol. The Morgan fingerprint density at radius 1 is 1.11 bits per heavy atom. The predicted octanol–water partition coefficient (Wildman–Crippen LogP) is 1.07. The zero-order chi connectivity index (χ0) is 14.3. The monoisotopic (exact) mass is 259 g/mol. The molecule has 0 bridgehead atoms. The first-order valence-electron chi connectivity index (χ1n) is 5.40. The maximum absolute atomic E-state index is 11.0. The SMILES string of the molecule is C=C(C(=O)OC)c1ccccc1.O=C1C=CC(=O)N1. The van der Waals surface area contributed by atoms with E-state index in [0.29, 0.717) is 5.57 Å². The summed E-state index contributed by atoms with van der Waals surface area (Å²) in [5.74, 6) is -1.05. The molecule has 0 unspecified atom stereocenters. The summed E-state index contributed by atoms with van der Waals surface area (Å²) in [6.45, 7) is 3.62. The van der Waals surface area contributed by atoms with Crippen LogP contribution in [0, 0.1) is 0 Å². The minimum atomic E-state index is -0.388. The van der Waals surface area contributed by atoms with Crippen LogP contribution in [0.3, 0.4) is 0 Å². The van der Waals surface area contributed by atoms with Crippen LogP contribution in [-0.2, 0) is 19.1 Å². The van der Waals surface area contributed by atoms with Gasteiger partial charge in [0.15, 0.2) is 0 Å². The number of rotatable bonds is 2. The van der Waals surface area contributed by atoms with Crippen molar-refractivity contribution in [3.05, 3.63) is 54.6 Å². The molecule has 98 valence electrons. The third-order valence-electron chi connectivity index (χ3n) is 2.19. The zero-order valence-corrected chi connectivity index (χ0v) is 10.4. The van der Waals surface area contributed by atoms with Crippen molar-refractivity contribution in [1.82, 2.24) is 5.32 Å². The van der Waals surface area contributed by atoms with Crippen LogP contribution in [0.1, 0.15) is 5.56 Å². The molecule has 0 spiro atoms. The highest BCUT2D eigenvalue weighted by Gasteiger charge is 2.07. The number of esters is 1. The van der Waals surface area contributed by atoms with E-state index < -0.39 is 0 Å². The van der Waals surface area contributed by atoms with Crippen LogP contribution in [-0.4, -0.2) is 24.9 Å². The first kappa shape index (κ1) is 14.4. The summed E-state index contributed by atoms with van der Waals surface area (Å²) in [4.78, 5) is 31.1. The summed E-state index contributed by atoms with van der Waals surface area (Å²) in [5, 5.41) is 2.03. The quantitative estimate of drug-likeness (QED) is 0.490. The van der Waals surface area contributed by atoms with Crippen molar-refractivity contribution in [2.45, 2.75) is 0 Å². The van der Waals surface area contributed by atoms with Crippen molar-refractivity contribution in [2.75, 3.05) is 7.11 Å². The van der Waals surface area contributed by atoms with Gasteiger partial charge in [0.25, 0.3) is 11.8 Å². The van der Waals surface area contributed by atoms with Crippen LogP contribution in [0.4, 0.5) is 0 Å². The molecule has 0 aromatic heterocycles. The number of benzene rings is 1. The maximum Gasteiger partial charge on any atom is 0.337 e. The Labute approximate surface area is 110 Å². The van der Waals surface area contributed by atoms with Gasteiger partial charge >= 0.3 is 5.97 Å². The number of methoxy groups -OCH3 is 1. The second-order valence-corrected chi connectivity index (χ2v) is 3.52. The molecule has 0 radical (unpaired) electrons. The molecule has 1 N–H and O–H groups in total. The van der Waals surface area contributed by atoms with Crippen LogP contribution < -0.4 is 5.32 Å². The van der Waals surface area contributed by atoms with Crippen LogP contribution in [0.15, 0.2) is 49.1 Å². The smallest absolute Gasteiger partial charge is 0.337 e. The molecule has 1 heterocycles. The molecule has 19 heavy (non-hydrogen) atoms. The fourth-order valence-electron chi connectivity index (χ4n) is 1.24. The average molecular weight is 259 g/mol. The molecule has 1 aromatic carbocycles. The van der Waals surface area contributed by atoms with Crippen molar-refractivity contribution in [3.63, 3.8) is 0 Å². The molecular weight excluding hydrogens is 246 g/mol. The van der Waals surface area contributed by atoms with Gasteiger partial charge in [-0.2, -0.15) is 0 Å². The average Bonchev–Trinajstić information content (AvgIpc) is 2.82. The molecule has 0 saturated carbocycles. The lowest BCUT2D eigenvalue weighted by molar-refractivity contribution is -0.133. The molecule has 1 aliphatic rings. The molecule has 2 amide bonds. The fraction of sp³-hybridized carbons (Fsp3) is 0.0714. The van der Waals surface area contributed by atoms with Crippen molar-refractivity contribution >= 4 is 23.4 Å². The zero-order valence-electron chi connectivity index (χ0n) is 10.4. The van der Waals surface area contributed by atoms with Crippen LogP contribution >= 0.6 is 0 Å². The lowest BCUT2D eigenvalue weighted by Crippen LogP contribution is -2.19. The van der Waals surface area contributed by atoms with Crippen LogP contribution in [0.5, 0.6) is 0 Å². The van der Waals surface area contributed by atoms with E-state index in [0.717, 1.165) is 5.56 Å². The third kappa shape index (κ3) is 4.59. The molecule has 1 aromatic rings. The summed E-state index contributed by atoms with van der Waals surface area (Å²) >= 11 is 0. The number of hydrogen-bond donors (Lipinski definition) is 1. The fourth-order valence-corrected chi connectivity index (χ4v) is 1.24. The van der Waals surface area contributed by atoms with Gasteiger partial charge in [-0.15, -0.1) is 0 Å². The van der Waals surface area contributed by atoms with E-state index in [1.165, 1.54) is 19.3 Å². The number of nitrogens with one attached hydrogen (secondary N) is 1. The Morgan fingerprint density at radius 2 is 1.63 bits per heavy atom. The van der Waals surface area contributed by atoms with E-state index in [2.05, 4.69) is 11.3 Å². The highest BCUT2D eigenvalue weighted by atomic mass is 16.5. The maximum atomic E-state index is 11.0. The Hall–Kier alpha value is -2.69. The topological polar surface area (TPSA) is 72.5 Å². The molecule has 2 rings (SSSR count). The number of ether oxygens (including phenoxy) is 1. The lowest BCUT2D eigenvalue weighted by Gasteiger charge is -2.01. The first-order chi connectivity index (χ1) is 9.04. The molecule has 0 fully saturated rings. The molecule has 5 nitrogen and oxygen atoms in total. The molecular formula is C14H13NO4. The molecule has 0 atom stereocenters. The summed E-state index contributed by atoms with van der Waals surface area (Å²) in [7, 11) is 1.34. The van der Waals surface area contributed by atoms with Gasteiger partial charge in [0.2, 0.25) is 0 Å². The highest BCUT2D eigenvalue weighted by Crippen LogP contribution is 2.12. The Bertz CT molecular complexity index is 516. The van der Waals surface area contributed by atoms with Gasteiger partial charge in [-0.05, 0) is 5.56 Å². The van der Waals surface area contributed by atoms with E-state index >= 15 is 0 Å². The van der Waals surface area contributed by atoms with Gasteiger partial charge in [0.05, 0.1) is 12.7 Å². The molecule has 0 saturated heterocycles. The van der Waals surface area contributed by atoms with Crippen molar-refractivity contribution in [2.24, 2.45) is 0 Å². The summed E-state index contributed by atoms with van der Waals surface area (Å²) in [5.41, 5.74) is 1.18. The Balaban J connectivity index is 0.000000218.